The van der Waals surface area contributed by atoms with Crippen LogP contribution in [0.4, 0.5) is 13.2 Å². The fourth-order valence-corrected chi connectivity index (χ4v) is 6.25. The Bertz CT molecular complexity index is 2050. The Hall–Kier alpha value is -5.09. The molecule has 50 heavy (non-hydrogen) atoms. The molecule has 3 N–H and O–H groups in total. The molecule has 2 aromatic carbocycles. The fourth-order valence-electron chi connectivity index (χ4n) is 6.25. The minimum atomic E-state index is -5.08. The van der Waals surface area contributed by atoms with Gasteiger partial charge in [0.05, 0.1) is 11.3 Å². The molecular formula is C34H38F3N7O6. The molecule has 6 rings (SSSR count). The van der Waals surface area contributed by atoms with E-state index in [4.69, 9.17) is 14.4 Å². The highest BCUT2D eigenvalue weighted by molar-refractivity contribution is 5.80. The van der Waals surface area contributed by atoms with Gasteiger partial charge in [-0.05, 0) is 49.8 Å². The molecule has 13 nitrogen and oxygen atoms in total. The van der Waals surface area contributed by atoms with Gasteiger partial charge < -0.3 is 15.1 Å². The molecule has 0 aliphatic carbocycles. The summed E-state index contributed by atoms with van der Waals surface area (Å²) in [5, 5.41) is 25.8. The molecule has 4 heterocycles. The van der Waals surface area contributed by atoms with Crippen LogP contribution in [0.2, 0.25) is 0 Å². The van der Waals surface area contributed by atoms with E-state index in [1.54, 1.807) is 0 Å². The van der Waals surface area contributed by atoms with E-state index in [0.717, 1.165) is 72.3 Å². The lowest BCUT2D eigenvalue weighted by Gasteiger charge is -2.36. The number of carbonyl (C=O) groups is 1. The molecule has 16 heteroatoms. The topological polar surface area (TPSA) is 172 Å². The van der Waals surface area contributed by atoms with Gasteiger partial charge >= 0.3 is 17.9 Å². The van der Waals surface area contributed by atoms with Crippen LogP contribution in [-0.4, -0.2) is 81.8 Å². The number of aromatic nitrogens is 6. The fraction of sp³-hybridized carbons (Fsp3) is 0.412. The minimum Gasteiger partial charge on any atom is -0.475 e. The lowest BCUT2D eigenvalue weighted by Crippen LogP contribution is -2.44. The molecule has 3 aromatic heterocycles. The molecule has 5 aromatic rings. The van der Waals surface area contributed by atoms with Crippen LogP contribution >= 0.6 is 0 Å². The van der Waals surface area contributed by atoms with E-state index in [2.05, 4.69) is 32.0 Å². The van der Waals surface area contributed by atoms with Crippen molar-refractivity contribution >= 4 is 11.7 Å². The Morgan fingerprint density at radius 3 is 2.24 bits per heavy atom. The van der Waals surface area contributed by atoms with Crippen molar-refractivity contribution in [1.29, 1.82) is 0 Å². The number of aromatic amines is 1. The number of aryl methyl sites for hydroxylation is 1. The molecule has 1 aliphatic rings. The number of likely N-dealkylation sites (tertiary alicyclic amines) is 1. The number of hydrogen-bond acceptors (Lipinski definition) is 9. The summed E-state index contributed by atoms with van der Waals surface area (Å²) >= 11 is 0. The number of carboxylic acid groups (broad SMARTS) is 1. The normalized spacial score (nSPS) is 14.5. The summed E-state index contributed by atoms with van der Waals surface area (Å²) in [5.41, 5.74) is 4.52. The highest BCUT2D eigenvalue weighted by atomic mass is 19.4. The van der Waals surface area contributed by atoms with E-state index in [9.17, 15) is 27.9 Å². The van der Waals surface area contributed by atoms with Gasteiger partial charge in [-0.15, -0.1) is 0 Å². The van der Waals surface area contributed by atoms with Crippen molar-refractivity contribution in [2.75, 3.05) is 19.6 Å². The van der Waals surface area contributed by atoms with Crippen LogP contribution in [0.15, 0.2) is 69.0 Å². The van der Waals surface area contributed by atoms with Crippen molar-refractivity contribution in [2.45, 2.75) is 70.7 Å². The molecule has 0 unspecified atom stereocenters. The number of aliphatic hydroxyl groups is 1. The molecule has 1 saturated heterocycles. The summed E-state index contributed by atoms with van der Waals surface area (Å²) in [6, 6.07) is 15.8. The van der Waals surface area contributed by atoms with Crippen LogP contribution in [0.1, 0.15) is 62.9 Å². The highest BCUT2D eigenvalue weighted by Crippen LogP contribution is 2.31. The second-order valence-electron chi connectivity index (χ2n) is 12.8. The molecule has 0 amide bonds. The average Bonchev–Trinajstić information content (AvgIpc) is 3.72. The minimum absolute atomic E-state index is 0.00528. The number of rotatable bonds is 9. The van der Waals surface area contributed by atoms with Crippen molar-refractivity contribution in [3.8, 4) is 22.5 Å². The maximum Gasteiger partial charge on any atom is 0.490 e. The van der Waals surface area contributed by atoms with Crippen molar-refractivity contribution in [1.82, 2.24) is 34.2 Å². The molecule has 0 spiro atoms. The zero-order valence-corrected chi connectivity index (χ0v) is 27.8. The first kappa shape index (κ1) is 36.2. The predicted molar refractivity (Wildman–Crippen MR) is 177 cm³/mol. The second kappa shape index (κ2) is 14.8. The summed E-state index contributed by atoms with van der Waals surface area (Å²) in [4.78, 5) is 44.1. The molecule has 1 aliphatic heterocycles. The first-order valence-corrected chi connectivity index (χ1v) is 16.1. The Balaban J connectivity index is 0.000000630. The van der Waals surface area contributed by atoms with Gasteiger partial charge in [0.25, 0.3) is 5.56 Å². The standard InChI is InChI=1S/C32H37N7O4.C2HF3O2/c1-4-7-27-26(18-21-10-12-22(13-11-21)24-8-5-6-9-25(24)28-35-31(41)43-36-28)29(40)38(30-33-20-34-39(27)30)23-14-16-37(17-15-23)19-32(2,3)42;3-2(4,5)1(6)7/h5-6,8-13,20,23,42H,4,7,14-19H2,1-3H3,(H,35,36,41);(H,6,7). The molecule has 266 valence electrons. The van der Waals surface area contributed by atoms with Crippen LogP contribution < -0.4 is 11.3 Å². The largest absolute Gasteiger partial charge is 0.490 e. The molecular weight excluding hydrogens is 659 g/mol. The summed E-state index contributed by atoms with van der Waals surface area (Å²) in [6.07, 6.45) is 0.120. The van der Waals surface area contributed by atoms with Crippen LogP contribution in [0.25, 0.3) is 28.3 Å². The van der Waals surface area contributed by atoms with Crippen molar-refractivity contribution in [3.63, 3.8) is 0 Å². The maximum atomic E-state index is 14.3. The number of alkyl halides is 3. The SMILES string of the molecule is CCCc1c(Cc2ccc(-c3ccccc3-c3noc(=O)[nH]3)cc2)c(=O)n(C2CCN(CC(C)(C)O)CC2)c2ncnn12.O=C(O)C(F)(F)F. The second-order valence-corrected chi connectivity index (χ2v) is 12.8. The molecule has 1 fully saturated rings. The van der Waals surface area contributed by atoms with Gasteiger partial charge in [-0.1, -0.05) is 67.0 Å². The van der Waals surface area contributed by atoms with Gasteiger partial charge in [-0.2, -0.15) is 23.3 Å². The summed E-state index contributed by atoms with van der Waals surface area (Å²) in [6.45, 7) is 7.97. The number of nitrogens with zero attached hydrogens (tertiary/aromatic N) is 6. The molecule has 0 atom stereocenters. The first-order valence-electron chi connectivity index (χ1n) is 16.1. The first-order chi connectivity index (χ1) is 23.7. The van der Waals surface area contributed by atoms with Crippen LogP contribution in [0.5, 0.6) is 0 Å². The van der Waals surface area contributed by atoms with Crippen LogP contribution in [0.3, 0.4) is 0 Å². The zero-order valence-electron chi connectivity index (χ0n) is 27.8. The van der Waals surface area contributed by atoms with E-state index < -0.39 is 23.5 Å². The number of halogens is 3. The number of benzene rings is 2. The number of hydrogen-bond donors (Lipinski definition) is 3. The van der Waals surface area contributed by atoms with Gasteiger partial charge in [0.1, 0.15) is 6.33 Å². The number of fused-ring (bicyclic) bond motifs is 1. The van der Waals surface area contributed by atoms with Gasteiger partial charge in [0.2, 0.25) is 5.78 Å². The number of H-pyrrole nitrogens is 1. The lowest BCUT2D eigenvalue weighted by atomic mass is 9.96. The number of carboxylic acids is 1. The monoisotopic (exact) mass is 697 g/mol. The van der Waals surface area contributed by atoms with E-state index in [-0.39, 0.29) is 11.6 Å². The van der Waals surface area contributed by atoms with E-state index in [0.29, 0.717) is 24.6 Å². The highest BCUT2D eigenvalue weighted by Gasteiger charge is 2.38. The quantitative estimate of drug-likeness (QED) is 0.199. The van der Waals surface area contributed by atoms with Crippen molar-refractivity contribution in [3.05, 3.63) is 92.6 Å². The Morgan fingerprint density at radius 2 is 1.68 bits per heavy atom. The zero-order chi connectivity index (χ0) is 36.2. The summed E-state index contributed by atoms with van der Waals surface area (Å²) < 4.78 is 40.2. The Kier molecular flexibility index (Phi) is 10.7. The third-order valence-electron chi connectivity index (χ3n) is 8.36. The smallest absolute Gasteiger partial charge is 0.475 e. The van der Waals surface area contributed by atoms with E-state index in [1.807, 2.05) is 71.5 Å². The number of nitrogens with one attached hydrogen (secondary N) is 1. The Morgan fingerprint density at radius 1 is 1.04 bits per heavy atom. The van der Waals surface area contributed by atoms with Gasteiger partial charge in [0, 0.05) is 43.2 Å². The number of aliphatic carboxylic acids is 1. The van der Waals surface area contributed by atoms with Crippen LogP contribution in [0, 0.1) is 0 Å². The Labute approximate surface area is 284 Å². The van der Waals surface area contributed by atoms with Gasteiger partial charge in [0.15, 0.2) is 5.82 Å². The van der Waals surface area contributed by atoms with Gasteiger partial charge in [-0.3, -0.25) is 18.9 Å². The van der Waals surface area contributed by atoms with Crippen LogP contribution in [-0.2, 0) is 17.6 Å². The maximum absolute atomic E-state index is 14.3. The van der Waals surface area contributed by atoms with E-state index >= 15 is 0 Å². The van der Waals surface area contributed by atoms with Crippen molar-refractivity contribution in [2.24, 2.45) is 0 Å². The average molecular weight is 698 g/mol. The molecule has 0 bridgehead atoms. The number of β-amino-alcohol motifs (C(OH)–C–C–N with tert-alkyl or cyclic N) is 1. The van der Waals surface area contributed by atoms with Gasteiger partial charge in [-0.25, -0.2) is 14.1 Å². The predicted octanol–water partition coefficient (Wildman–Crippen LogP) is 4.49. The summed E-state index contributed by atoms with van der Waals surface area (Å²) in [5.74, 6) is -2.39. The third-order valence-corrected chi connectivity index (χ3v) is 8.36. The third kappa shape index (κ3) is 8.37. The molecule has 0 radical (unpaired) electrons. The van der Waals surface area contributed by atoms with Crippen molar-refractivity contribution < 1.29 is 32.7 Å². The lowest BCUT2D eigenvalue weighted by molar-refractivity contribution is -0.192. The number of piperidine rings is 1. The summed E-state index contributed by atoms with van der Waals surface area (Å²) in [7, 11) is 0. The molecule has 0 saturated carbocycles. The van der Waals surface area contributed by atoms with E-state index in [1.165, 1.54) is 6.33 Å².